The number of pyridine rings is 1. The minimum Gasteiger partial charge on any atom is -0.481 e. The quantitative estimate of drug-likeness (QED) is 0.861. The second-order valence-electron chi connectivity index (χ2n) is 4.79. The van der Waals surface area contributed by atoms with E-state index in [9.17, 15) is 14.4 Å². The number of carbonyl (C=O) groups excluding carboxylic acids is 1. The van der Waals surface area contributed by atoms with Crippen LogP contribution in [0.4, 0.5) is 0 Å². The molecule has 1 aromatic rings. The van der Waals surface area contributed by atoms with Crippen molar-refractivity contribution >= 4 is 29.4 Å². The van der Waals surface area contributed by atoms with E-state index in [1.807, 2.05) is 0 Å². The van der Waals surface area contributed by atoms with Crippen LogP contribution in [0.3, 0.4) is 0 Å². The third-order valence-electron chi connectivity index (χ3n) is 3.48. The minimum absolute atomic E-state index is 0.0958. The predicted octanol–water partition coefficient (Wildman–Crippen LogP) is 0.982. The Morgan fingerprint density at radius 2 is 1.90 bits per heavy atom. The SMILES string of the molecule is O=C(O)C1CCN(C(=O)c2cc(Cl)ccn2)CC1C(=O)O. The zero-order chi connectivity index (χ0) is 15.6. The average molecular weight is 313 g/mol. The maximum Gasteiger partial charge on any atom is 0.309 e. The molecule has 0 bridgehead atoms. The molecule has 2 heterocycles. The number of hydrogen-bond donors (Lipinski definition) is 2. The molecule has 112 valence electrons. The number of amides is 1. The molecule has 1 fully saturated rings. The van der Waals surface area contributed by atoms with E-state index >= 15 is 0 Å². The molecule has 0 saturated carbocycles. The molecule has 0 aromatic carbocycles. The van der Waals surface area contributed by atoms with E-state index in [1.165, 1.54) is 23.2 Å². The van der Waals surface area contributed by atoms with Crippen LogP contribution in [0.2, 0.25) is 5.02 Å². The zero-order valence-electron chi connectivity index (χ0n) is 10.9. The van der Waals surface area contributed by atoms with Crippen LogP contribution in [0.1, 0.15) is 16.9 Å². The van der Waals surface area contributed by atoms with Crippen molar-refractivity contribution in [2.24, 2.45) is 11.8 Å². The average Bonchev–Trinajstić information content (AvgIpc) is 2.45. The molecule has 8 heteroatoms. The topological polar surface area (TPSA) is 108 Å². The third kappa shape index (κ3) is 3.30. The largest absolute Gasteiger partial charge is 0.481 e. The van der Waals surface area contributed by atoms with Crippen molar-refractivity contribution in [3.05, 3.63) is 29.0 Å². The van der Waals surface area contributed by atoms with Gasteiger partial charge in [0, 0.05) is 24.3 Å². The molecule has 7 nitrogen and oxygen atoms in total. The van der Waals surface area contributed by atoms with Crippen LogP contribution < -0.4 is 0 Å². The molecule has 0 aliphatic carbocycles. The molecule has 1 saturated heterocycles. The van der Waals surface area contributed by atoms with Crippen molar-refractivity contribution in [3.8, 4) is 0 Å². The molecular formula is C13H13ClN2O5. The standard InChI is InChI=1S/C13H13ClN2O5/c14-7-1-3-15-10(5-7)11(17)16-4-2-8(12(18)19)9(6-16)13(20)21/h1,3,5,8-9H,2,4,6H2,(H,18,19)(H,20,21). The summed E-state index contributed by atoms with van der Waals surface area (Å²) < 4.78 is 0. The normalized spacial score (nSPS) is 21.9. The fraction of sp³-hybridized carbons (Fsp3) is 0.385. The van der Waals surface area contributed by atoms with E-state index in [0.29, 0.717) is 5.02 Å². The first-order valence-electron chi connectivity index (χ1n) is 6.26. The number of carboxylic acid groups (broad SMARTS) is 2. The van der Waals surface area contributed by atoms with Crippen LogP contribution in [0.15, 0.2) is 18.3 Å². The summed E-state index contributed by atoms with van der Waals surface area (Å²) in [6, 6.07) is 2.91. The van der Waals surface area contributed by atoms with Gasteiger partial charge >= 0.3 is 11.9 Å². The molecule has 2 unspecified atom stereocenters. The molecule has 2 N–H and O–H groups in total. The highest BCUT2D eigenvalue weighted by molar-refractivity contribution is 6.30. The number of hydrogen-bond acceptors (Lipinski definition) is 4. The molecule has 2 atom stereocenters. The third-order valence-corrected chi connectivity index (χ3v) is 3.71. The van der Waals surface area contributed by atoms with Crippen molar-refractivity contribution in [1.29, 1.82) is 0 Å². The second-order valence-corrected chi connectivity index (χ2v) is 5.23. The van der Waals surface area contributed by atoms with Gasteiger partial charge in [0.2, 0.25) is 0 Å². The van der Waals surface area contributed by atoms with E-state index in [2.05, 4.69) is 4.98 Å². The number of aliphatic carboxylic acids is 2. The Kier molecular flexibility index (Phi) is 4.42. The Morgan fingerprint density at radius 3 is 2.48 bits per heavy atom. The maximum atomic E-state index is 12.3. The summed E-state index contributed by atoms with van der Waals surface area (Å²) in [5, 5.41) is 18.5. The van der Waals surface area contributed by atoms with E-state index in [-0.39, 0.29) is 25.2 Å². The van der Waals surface area contributed by atoms with Crippen molar-refractivity contribution in [2.45, 2.75) is 6.42 Å². The van der Waals surface area contributed by atoms with Crippen LogP contribution in [-0.4, -0.2) is 51.0 Å². The van der Waals surface area contributed by atoms with Gasteiger partial charge < -0.3 is 15.1 Å². The summed E-state index contributed by atoms with van der Waals surface area (Å²) in [7, 11) is 0. The highest BCUT2D eigenvalue weighted by atomic mass is 35.5. The van der Waals surface area contributed by atoms with Crippen molar-refractivity contribution in [2.75, 3.05) is 13.1 Å². The van der Waals surface area contributed by atoms with Gasteiger partial charge in [0.25, 0.3) is 5.91 Å². The van der Waals surface area contributed by atoms with Crippen molar-refractivity contribution in [3.63, 3.8) is 0 Å². The van der Waals surface area contributed by atoms with Gasteiger partial charge in [0.05, 0.1) is 11.8 Å². The Morgan fingerprint density at radius 1 is 1.24 bits per heavy atom. The van der Waals surface area contributed by atoms with Crippen molar-refractivity contribution < 1.29 is 24.6 Å². The first-order chi connectivity index (χ1) is 9.90. The van der Waals surface area contributed by atoms with Crippen LogP contribution in [0.5, 0.6) is 0 Å². The Bertz CT molecular complexity index is 592. The Hall–Kier alpha value is -2.15. The highest BCUT2D eigenvalue weighted by Gasteiger charge is 2.40. The van der Waals surface area contributed by atoms with E-state index < -0.39 is 29.7 Å². The number of carboxylic acids is 2. The lowest BCUT2D eigenvalue weighted by molar-refractivity contribution is -0.156. The summed E-state index contributed by atoms with van der Waals surface area (Å²) in [6.07, 6.45) is 1.48. The molecule has 0 radical (unpaired) electrons. The van der Waals surface area contributed by atoms with E-state index in [4.69, 9.17) is 21.8 Å². The maximum absolute atomic E-state index is 12.3. The van der Waals surface area contributed by atoms with E-state index in [1.54, 1.807) is 0 Å². The van der Waals surface area contributed by atoms with Gasteiger partial charge in [-0.15, -0.1) is 0 Å². The number of piperidine rings is 1. The summed E-state index contributed by atoms with van der Waals surface area (Å²) in [5.74, 6) is -4.94. The summed E-state index contributed by atoms with van der Waals surface area (Å²) >= 11 is 5.79. The van der Waals surface area contributed by atoms with Gasteiger partial charge in [-0.3, -0.25) is 19.4 Å². The molecule has 1 amide bonds. The summed E-state index contributed by atoms with van der Waals surface area (Å²) in [4.78, 5) is 39.7. The molecule has 1 aliphatic rings. The summed E-state index contributed by atoms with van der Waals surface area (Å²) in [6.45, 7) is 0.0209. The Labute approximate surface area is 125 Å². The van der Waals surface area contributed by atoms with Crippen LogP contribution in [-0.2, 0) is 9.59 Å². The number of likely N-dealkylation sites (tertiary alicyclic amines) is 1. The van der Waals surface area contributed by atoms with Gasteiger partial charge in [-0.25, -0.2) is 0 Å². The number of rotatable bonds is 3. The predicted molar refractivity (Wildman–Crippen MR) is 72.0 cm³/mol. The molecule has 1 aromatic heterocycles. The van der Waals surface area contributed by atoms with E-state index in [0.717, 1.165) is 0 Å². The van der Waals surface area contributed by atoms with Gasteiger partial charge in [0.15, 0.2) is 0 Å². The zero-order valence-corrected chi connectivity index (χ0v) is 11.7. The fourth-order valence-corrected chi connectivity index (χ4v) is 2.53. The van der Waals surface area contributed by atoms with Gasteiger partial charge in [-0.2, -0.15) is 0 Å². The van der Waals surface area contributed by atoms with Crippen molar-refractivity contribution in [1.82, 2.24) is 9.88 Å². The second kappa shape index (κ2) is 6.09. The van der Waals surface area contributed by atoms with Gasteiger partial charge in [0.1, 0.15) is 5.69 Å². The fourth-order valence-electron chi connectivity index (χ4n) is 2.37. The lowest BCUT2D eigenvalue weighted by Crippen LogP contribution is -2.48. The minimum atomic E-state index is -1.22. The number of aromatic nitrogens is 1. The molecular weight excluding hydrogens is 300 g/mol. The number of nitrogens with zero attached hydrogens (tertiary/aromatic N) is 2. The molecule has 21 heavy (non-hydrogen) atoms. The number of carbonyl (C=O) groups is 3. The van der Waals surface area contributed by atoms with Gasteiger partial charge in [-0.1, -0.05) is 11.6 Å². The van der Waals surface area contributed by atoms with Crippen LogP contribution >= 0.6 is 11.6 Å². The Balaban J connectivity index is 2.17. The molecule has 1 aliphatic heterocycles. The summed E-state index contributed by atoms with van der Waals surface area (Å²) in [5.41, 5.74) is 0.111. The lowest BCUT2D eigenvalue weighted by Gasteiger charge is -2.34. The first kappa shape index (κ1) is 15.2. The smallest absolute Gasteiger partial charge is 0.309 e. The molecule has 2 rings (SSSR count). The monoisotopic (exact) mass is 312 g/mol. The molecule has 0 spiro atoms. The van der Waals surface area contributed by atoms with Gasteiger partial charge in [-0.05, 0) is 18.6 Å². The first-order valence-corrected chi connectivity index (χ1v) is 6.64. The number of halogens is 1. The van der Waals surface area contributed by atoms with Crippen LogP contribution in [0, 0.1) is 11.8 Å². The highest BCUT2D eigenvalue weighted by Crippen LogP contribution is 2.25. The van der Waals surface area contributed by atoms with Crippen LogP contribution in [0.25, 0.3) is 0 Å². The lowest BCUT2D eigenvalue weighted by atomic mass is 9.85.